The molecule has 2 nitrogen and oxygen atoms in total. The van der Waals surface area contributed by atoms with Gasteiger partial charge in [0.2, 0.25) is 0 Å². The lowest BCUT2D eigenvalue weighted by molar-refractivity contribution is 0.141. The summed E-state index contributed by atoms with van der Waals surface area (Å²) in [5.74, 6) is 0. The minimum Gasteiger partial charge on any atom is -0.308 e. The first kappa shape index (κ1) is 15.7. The molecule has 3 heteroatoms. The summed E-state index contributed by atoms with van der Waals surface area (Å²) in [7, 11) is 2.22. The van der Waals surface area contributed by atoms with E-state index in [9.17, 15) is 0 Å². The molecule has 1 heterocycles. The average Bonchev–Trinajstić information content (AvgIpc) is 2.79. The fourth-order valence-electron chi connectivity index (χ4n) is 1.95. The summed E-state index contributed by atoms with van der Waals surface area (Å²) in [6, 6.07) is 5.37. The van der Waals surface area contributed by atoms with E-state index in [4.69, 9.17) is 0 Å². The molecule has 0 aliphatic heterocycles. The van der Waals surface area contributed by atoms with Crippen LogP contribution in [0.15, 0.2) is 17.5 Å². The van der Waals surface area contributed by atoms with Crippen LogP contribution in [0.3, 0.4) is 0 Å². The van der Waals surface area contributed by atoms with Gasteiger partial charge in [-0.25, -0.2) is 0 Å². The number of nitrogens with zero attached hydrogens (tertiary/aromatic N) is 1. The Morgan fingerprint density at radius 2 is 2.00 bits per heavy atom. The van der Waals surface area contributed by atoms with Gasteiger partial charge in [-0.15, -0.1) is 11.3 Å². The average molecular weight is 268 g/mol. The Balaban J connectivity index is 2.29. The van der Waals surface area contributed by atoms with Crippen molar-refractivity contribution < 1.29 is 0 Å². The summed E-state index contributed by atoms with van der Waals surface area (Å²) in [5.41, 5.74) is 0.341. The second-order valence-electron chi connectivity index (χ2n) is 6.21. The van der Waals surface area contributed by atoms with E-state index >= 15 is 0 Å². The van der Waals surface area contributed by atoms with Gasteiger partial charge in [0.05, 0.1) is 0 Å². The van der Waals surface area contributed by atoms with Gasteiger partial charge in [-0.05, 0) is 37.8 Å². The van der Waals surface area contributed by atoms with Gasteiger partial charge in [0, 0.05) is 30.1 Å². The van der Waals surface area contributed by atoms with E-state index in [1.54, 1.807) is 0 Å². The zero-order valence-electron chi connectivity index (χ0n) is 12.7. The van der Waals surface area contributed by atoms with E-state index in [-0.39, 0.29) is 0 Å². The molecule has 0 fully saturated rings. The quantitative estimate of drug-likeness (QED) is 0.845. The van der Waals surface area contributed by atoms with E-state index in [2.05, 4.69) is 69.4 Å². The lowest BCUT2D eigenvalue weighted by Gasteiger charge is -2.35. The molecule has 0 saturated carbocycles. The van der Waals surface area contributed by atoms with Crippen molar-refractivity contribution in [2.45, 2.75) is 46.7 Å². The lowest BCUT2D eigenvalue weighted by Crippen LogP contribution is -2.42. The summed E-state index contributed by atoms with van der Waals surface area (Å²) >= 11 is 1.82. The summed E-state index contributed by atoms with van der Waals surface area (Å²) in [6.45, 7) is 13.6. The van der Waals surface area contributed by atoms with Crippen LogP contribution in [-0.4, -0.2) is 31.1 Å². The minimum atomic E-state index is 0.341. The summed E-state index contributed by atoms with van der Waals surface area (Å²) in [4.78, 5) is 3.86. The number of rotatable bonds is 6. The van der Waals surface area contributed by atoms with Crippen LogP contribution in [0.4, 0.5) is 0 Å². The second-order valence-corrected chi connectivity index (χ2v) is 7.19. The van der Waals surface area contributed by atoms with Gasteiger partial charge in [-0.1, -0.05) is 26.8 Å². The molecule has 0 aliphatic rings. The van der Waals surface area contributed by atoms with E-state index in [1.807, 2.05) is 11.3 Å². The maximum absolute atomic E-state index is 3.59. The maximum Gasteiger partial charge on any atom is 0.0386 e. The van der Waals surface area contributed by atoms with Gasteiger partial charge >= 0.3 is 0 Å². The van der Waals surface area contributed by atoms with Crippen LogP contribution >= 0.6 is 11.3 Å². The summed E-state index contributed by atoms with van der Waals surface area (Å²) < 4.78 is 0. The highest BCUT2D eigenvalue weighted by atomic mass is 32.1. The smallest absolute Gasteiger partial charge is 0.0386 e. The van der Waals surface area contributed by atoms with Crippen molar-refractivity contribution in [1.29, 1.82) is 0 Å². The van der Waals surface area contributed by atoms with E-state index in [0.29, 0.717) is 17.5 Å². The third kappa shape index (κ3) is 4.71. The zero-order chi connectivity index (χ0) is 13.8. The van der Waals surface area contributed by atoms with Crippen LogP contribution < -0.4 is 5.32 Å². The third-order valence-corrected chi connectivity index (χ3v) is 4.85. The largest absolute Gasteiger partial charge is 0.308 e. The Hall–Kier alpha value is -0.380. The van der Waals surface area contributed by atoms with E-state index < -0.39 is 0 Å². The first-order chi connectivity index (χ1) is 8.32. The zero-order valence-corrected chi connectivity index (χ0v) is 13.5. The van der Waals surface area contributed by atoms with Gasteiger partial charge in [-0.3, -0.25) is 0 Å². The van der Waals surface area contributed by atoms with Crippen molar-refractivity contribution in [3.05, 3.63) is 22.4 Å². The Morgan fingerprint density at radius 3 is 2.50 bits per heavy atom. The molecular formula is C15H28N2S. The van der Waals surface area contributed by atoms with Crippen LogP contribution in [0, 0.1) is 5.41 Å². The van der Waals surface area contributed by atoms with Crippen molar-refractivity contribution in [3.63, 3.8) is 0 Å². The molecule has 0 aromatic carbocycles. The fourth-order valence-corrected chi connectivity index (χ4v) is 2.71. The standard InChI is InChI=1S/C15H28N2S/c1-12(14-8-7-11-18-14)16-9-10-17(6)13(2)15(3,4)5/h7-8,11-13,16H,9-10H2,1-6H3. The molecule has 2 atom stereocenters. The number of hydrogen-bond acceptors (Lipinski definition) is 3. The number of likely N-dealkylation sites (N-methyl/N-ethyl adjacent to an activating group) is 1. The molecule has 0 bridgehead atoms. The normalized spacial score (nSPS) is 15.9. The minimum absolute atomic E-state index is 0.341. The molecule has 1 aromatic rings. The Labute approximate surface area is 116 Å². The third-order valence-electron chi connectivity index (χ3n) is 3.80. The summed E-state index contributed by atoms with van der Waals surface area (Å²) in [6.07, 6.45) is 0. The Bertz CT molecular complexity index is 327. The molecule has 1 N–H and O–H groups in total. The van der Waals surface area contributed by atoms with Crippen LogP contribution in [0.5, 0.6) is 0 Å². The topological polar surface area (TPSA) is 15.3 Å². The lowest BCUT2D eigenvalue weighted by atomic mass is 9.87. The molecular weight excluding hydrogens is 240 g/mol. The number of hydrogen-bond donors (Lipinski definition) is 1. The van der Waals surface area contributed by atoms with Crippen molar-refractivity contribution in [2.75, 3.05) is 20.1 Å². The molecule has 2 unspecified atom stereocenters. The van der Waals surface area contributed by atoms with Crippen LogP contribution in [0.25, 0.3) is 0 Å². The van der Waals surface area contributed by atoms with Gasteiger partial charge in [0.25, 0.3) is 0 Å². The van der Waals surface area contributed by atoms with Crippen LogP contribution in [-0.2, 0) is 0 Å². The fraction of sp³-hybridized carbons (Fsp3) is 0.733. The van der Waals surface area contributed by atoms with E-state index in [1.165, 1.54) is 4.88 Å². The van der Waals surface area contributed by atoms with Crippen molar-refractivity contribution in [2.24, 2.45) is 5.41 Å². The molecule has 0 amide bonds. The maximum atomic E-state index is 3.59. The molecule has 1 rings (SSSR count). The van der Waals surface area contributed by atoms with Gasteiger partial charge in [0.15, 0.2) is 0 Å². The number of nitrogens with one attached hydrogen (secondary N) is 1. The summed E-state index contributed by atoms with van der Waals surface area (Å²) in [5, 5.41) is 5.73. The van der Waals surface area contributed by atoms with Gasteiger partial charge < -0.3 is 10.2 Å². The van der Waals surface area contributed by atoms with Crippen molar-refractivity contribution in [3.8, 4) is 0 Å². The molecule has 1 aromatic heterocycles. The number of thiophene rings is 1. The van der Waals surface area contributed by atoms with Gasteiger partial charge in [-0.2, -0.15) is 0 Å². The second kappa shape index (κ2) is 6.69. The SMILES string of the molecule is CC(NCCN(C)C(C)C(C)(C)C)c1cccs1. The Kier molecular flexibility index (Phi) is 5.83. The highest BCUT2D eigenvalue weighted by Gasteiger charge is 2.23. The van der Waals surface area contributed by atoms with Gasteiger partial charge in [0.1, 0.15) is 0 Å². The van der Waals surface area contributed by atoms with Crippen molar-refractivity contribution in [1.82, 2.24) is 10.2 Å². The molecule has 18 heavy (non-hydrogen) atoms. The highest BCUT2D eigenvalue weighted by Crippen LogP contribution is 2.22. The first-order valence-corrected chi connectivity index (χ1v) is 7.67. The highest BCUT2D eigenvalue weighted by molar-refractivity contribution is 7.10. The molecule has 104 valence electrons. The Morgan fingerprint density at radius 1 is 1.33 bits per heavy atom. The predicted octanol–water partition coefficient (Wildman–Crippen LogP) is 3.77. The monoisotopic (exact) mass is 268 g/mol. The molecule has 0 spiro atoms. The molecule has 0 radical (unpaired) electrons. The molecule has 0 aliphatic carbocycles. The molecule has 0 saturated heterocycles. The van der Waals surface area contributed by atoms with Crippen molar-refractivity contribution >= 4 is 11.3 Å². The van der Waals surface area contributed by atoms with Crippen LogP contribution in [0.1, 0.15) is 45.5 Å². The first-order valence-electron chi connectivity index (χ1n) is 6.79. The predicted molar refractivity (Wildman–Crippen MR) is 82.3 cm³/mol. The van der Waals surface area contributed by atoms with Crippen LogP contribution in [0.2, 0.25) is 0 Å². The van der Waals surface area contributed by atoms with E-state index in [0.717, 1.165) is 13.1 Å².